The minimum Gasteiger partial charge on any atom is -0.508 e. The lowest BCUT2D eigenvalue weighted by Gasteiger charge is -2.45. The molecule has 2 unspecified atom stereocenters. The van der Waals surface area contributed by atoms with Gasteiger partial charge in [-0.1, -0.05) is 56.3 Å². The topological polar surface area (TPSA) is 86.0 Å². The van der Waals surface area contributed by atoms with Gasteiger partial charge in [0, 0.05) is 49.3 Å². The second-order valence-electron chi connectivity index (χ2n) is 9.48. The molecule has 0 radical (unpaired) electrons. The first-order chi connectivity index (χ1) is 16.8. The number of carbonyl (C=O) groups is 2. The van der Waals surface area contributed by atoms with Gasteiger partial charge in [0.05, 0.1) is 6.26 Å². The van der Waals surface area contributed by atoms with Crippen molar-refractivity contribution in [3.63, 3.8) is 0 Å². The van der Waals surface area contributed by atoms with Crippen LogP contribution in [0.5, 0.6) is 5.75 Å². The van der Waals surface area contributed by atoms with Crippen molar-refractivity contribution < 1.29 is 19.1 Å². The van der Waals surface area contributed by atoms with E-state index in [2.05, 4.69) is 10.2 Å². The first kappa shape index (κ1) is 24.5. The molecule has 0 saturated carbocycles. The van der Waals surface area contributed by atoms with Gasteiger partial charge in [-0.15, -0.1) is 0 Å². The number of benzene rings is 2. The third-order valence-corrected chi connectivity index (χ3v) is 6.43. The predicted octanol–water partition coefficient (Wildman–Crippen LogP) is 4.03. The monoisotopic (exact) mass is 475 g/mol. The van der Waals surface area contributed by atoms with E-state index < -0.39 is 6.04 Å². The van der Waals surface area contributed by atoms with Crippen molar-refractivity contribution >= 4 is 11.8 Å². The number of aromatic hydroxyl groups is 1. The van der Waals surface area contributed by atoms with Crippen LogP contribution >= 0.6 is 0 Å². The third-order valence-electron chi connectivity index (χ3n) is 6.43. The van der Waals surface area contributed by atoms with Crippen molar-refractivity contribution in [2.75, 3.05) is 13.1 Å². The Morgan fingerprint density at radius 2 is 1.80 bits per heavy atom. The summed E-state index contributed by atoms with van der Waals surface area (Å²) >= 11 is 0. The van der Waals surface area contributed by atoms with E-state index in [1.54, 1.807) is 23.3 Å². The molecule has 0 aliphatic carbocycles. The molecule has 1 aromatic heterocycles. The van der Waals surface area contributed by atoms with Crippen molar-refractivity contribution in [2.45, 2.75) is 45.9 Å². The van der Waals surface area contributed by atoms with Gasteiger partial charge in [-0.05, 0) is 30.7 Å². The van der Waals surface area contributed by atoms with Gasteiger partial charge >= 0.3 is 0 Å². The number of nitrogens with zero attached hydrogens (tertiary/aromatic N) is 2. The lowest BCUT2D eigenvalue weighted by molar-refractivity contribution is -0.150. The standard InChI is InChI=1S/C28H33N3O4/c1-19(2)28(34)31-20(3)16-30(17-23-7-4-5-8-25(23)32)18-24(31)27(33)29-15-21-10-12-22(13-11-21)26-9-6-14-35-26/h4-14,19-20,24,32H,15-18H2,1-3H3,(H,29,33). The van der Waals surface area contributed by atoms with Crippen LogP contribution in [0.1, 0.15) is 31.9 Å². The second-order valence-corrected chi connectivity index (χ2v) is 9.48. The average Bonchev–Trinajstić information content (AvgIpc) is 3.38. The predicted molar refractivity (Wildman–Crippen MR) is 134 cm³/mol. The van der Waals surface area contributed by atoms with Gasteiger partial charge in [-0.2, -0.15) is 0 Å². The van der Waals surface area contributed by atoms with E-state index in [0.717, 1.165) is 22.5 Å². The Kier molecular flexibility index (Phi) is 7.56. The van der Waals surface area contributed by atoms with Gasteiger partial charge in [0.1, 0.15) is 17.6 Å². The third kappa shape index (κ3) is 5.74. The average molecular weight is 476 g/mol. The van der Waals surface area contributed by atoms with Gasteiger partial charge in [0.2, 0.25) is 11.8 Å². The van der Waals surface area contributed by atoms with Crippen molar-refractivity contribution in [3.8, 4) is 17.1 Å². The highest BCUT2D eigenvalue weighted by Crippen LogP contribution is 2.24. The molecular formula is C28H33N3O4. The molecule has 2 N–H and O–H groups in total. The molecule has 7 heteroatoms. The van der Waals surface area contributed by atoms with E-state index in [4.69, 9.17) is 4.42 Å². The summed E-state index contributed by atoms with van der Waals surface area (Å²) in [5, 5.41) is 13.2. The number of furan rings is 1. The van der Waals surface area contributed by atoms with Gasteiger partial charge in [0.25, 0.3) is 0 Å². The van der Waals surface area contributed by atoms with E-state index in [-0.39, 0.29) is 29.5 Å². The lowest BCUT2D eigenvalue weighted by Crippen LogP contribution is -2.64. The molecule has 1 saturated heterocycles. The molecule has 1 aliphatic heterocycles. The largest absolute Gasteiger partial charge is 0.508 e. The van der Waals surface area contributed by atoms with Gasteiger partial charge in [-0.25, -0.2) is 0 Å². The minimum atomic E-state index is -0.609. The molecule has 35 heavy (non-hydrogen) atoms. The Hall–Kier alpha value is -3.58. The maximum Gasteiger partial charge on any atom is 0.244 e. The number of nitrogens with one attached hydrogen (secondary N) is 1. The highest BCUT2D eigenvalue weighted by Gasteiger charge is 2.40. The number of piperazine rings is 1. The SMILES string of the molecule is CC(C)C(=O)N1C(C)CN(Cc2ccccc2O)CC1C(=O)NCc1ccc(-c2ccco2)cc1. The summed E-state index contributed by atoms with van der Waals surface area (Å²) in [5.74, 6) is 0.626. The van der Waals surface area contributed by atoms with E-state index in [0.29, 0.717) is 26.2 Å². The summed E-state index contributed by atoms with van der Waals surface area (Å²) < 4.78 is 5.43. The Morgan fingerprint density at radius 1 is 1.06 bits per heavy atom. The number of phenolic OH excluding ortho intramolecular Hbond substituents is 1. The maximum absolute atomic E-state index is 13.4. The van der Waals surface area contributed by atoms with Crippen LogP contribution in [0.15, 0.2) is 71.3 Å². The lowest BCUT2D eigenvalue weighted by atomic mass is 10.0. The summed E-state index contributed by atoms with van der Waals surface area (Å²) in [4.78, 5) is 30.3. The van der Waals surface area contributed by atoms with Gasteiger partial charge in [-0.3, -0.25) is 14.5 Å². The van der Waals surface area contributed by atoms with Gasteiger partial charge in [0.15, 0.2) is 0 Å². The molecule has 2 aromatic carbocycles. The van der Waals surface area contributed by atoms with E-state index in [1.165, 1.54) is 0 Å². The van der Waals surface area contributed by atoms with Crippen LogP contribution in [0.4, 0.5) is 0 Å². The molecule has 0 spiro atoms. The molecule has 0 bridgehead atoms. The van der Waals surface area contributed by atoms with Crippen molar-refractivity contribution in [1.82, 2.24) is 15.1 Å². The zero-order valence-electron chi connectivity index (χ0n) is 20.5. The molecule has 1 fully saturated rings. The molecule has 184 valence electrons. The molecule has 3 aromatic rings. The molecule has 4 rings (SSSR count). The van der Waals surface area contributed by atoms with Crippen molar-refractivity contribution in [2.24, 2.45) is 5.92 Å². The Balaban J connectivity index is 1.46. The normalized spacial score (nSPS) is 18.6. The molecule has 2 heterocycles. The molecular weight excluding hydrogens is 442 g/mol. The Morgan fingerprint density at radius 3 is 2.46 bits per heavy atom. The number of hydrogen-bond donors (Lipinski definition) is 2. The minimum absolute atomic E-state index is 0.0253. The van der Waals surface area contributed by atoms with Crippen LogP contribution < -0.4 is 5.32 Å². The maximum atomic E-state index is 13.4. The smallest absolute Gasteiger partial charge is 0.244 e. The highest BCUT2D eigenvalue weighted by atomic mass is 16.3. The summed E-state index contributed by atoms with van der Waals surface area (Å²) in [6.07, 6.45) is 1.64. The fourth-order valence-electron chi connectivity index (χ4n) is 4.61. The van der Waals surface area contributed by atoms with Crippen LogP contribution in [0, 0.1) is 5.92 Å². The molecule has 1 aliphatic rings. The van der Waals surface area contributed by atoms with E-state index in [9.17, 15) is 14.7 Å². The first-order valence-electron chi connectivity index (χ1n) is 12.1. The first-order valence-corrected chi connectivity index (χ1v) is 12.1. The molecule has 2 atom stereocenters. The summed E-state index contributed by atoms with van der Waals surface area (Å²) in [6, 6.07) is 18.1. The molecule has 2 amide bonds. The van der Waals surface area contributed by atoms with Crippen LogP contribution in [0.3, 0.4) is 0 Å². The fraction of sp³-hybridized carbons (Fsp3) is 0.357. The summed E-state index contributed by atoms with van der Waals surface area (Å²) in [7, 11) is 0. The zero-order valence-corrected chi connectivity index (χ0v) is 20.5. The number of para-hydroxylation sites is 1. The van der Waals surface area contributed by atoms with Crippen LogP contribution in [-0.4, -0.2) is 51.9 Å². The number of rotatable bonds is 7. The van der Waals surface area contributed by atoms with Crippen LogP contribution in [0.25, 0.3) is 11.3 Å². The molecule has 7 nitrogen and oxygen atoms in total. The highest BCUT2D eigenvalue weighted by molar-refractivity contribution is 5.89. The quantitative estimate of drug-likeness (QED) is 0.539. The number of amides is 2. The summed E-state index contributed by atoms with van der Waals surface area (Å²) in [6.45, 7) is 7.61. The van der Waals surface area contributed by atoms with Crippen LogP contribution in [-0.2, 0) is 22.7 Å². The number of phenols is 1. The number of hydrogen-bond acceptors (Lipinski definition) is 5. The fourth-order valence-corrected chi connectivity index (χ4v) is 4.61. The zero-order chi connectivity index (χ0) is 24.9. The van der Waals surface area contributed by atoms with E-state index in [1.807, 2.05) is 69.3 Å². The summed E-state index contributed by atoms with van der Waals surface area (Å²) in [5.41, 5.74) is 2.74. The van der Waals surface area contributed by atoms with Gasteiger partial charge < -0.3 is 19.7 Å². The number of carbonyl (C=O) groups excluding carboxylic acids is 2. The Bertz CT molecular complexity index is 1140. The Labute approximate surface area is 206 Å². The van der Waals surface area contributed by atoms with Crippen molar-refractivity contribution in [1.29, 1.82) is 0 Å². The van der Waals surface area contributed by atoms with Crippen LogP contribution in [0.2, 0.25) is 0 Å². The second kappa shape index (κ2) is 10.8. The van der Waals surface area contributed by atoms with Crippen molar-refractivity contribution in [3.05, 3.63) is 78.1 Å². The van der Waals surface area contributed by atoms with E-state index >= 15 is 0 Å².